The average Bonchev–Trinajstić information content (AvgIpc) is 2.98. The number of rotatable bonds is 6. The fraction of sp³-hybridized carbons (Fsp3) is 0.222. The molecule has 7 nitrogen and oxygen atoms in total. The number of aromatic nitrogens is 1. The number of para-hydroxylation sites is 1. The number of nitrogens with zero attached hydrogens (tertiary/aromatic N) is 3. The lowest BCUT2D eigenvalue weighted by Crippen LogP contribution is -2.16. The third-order valence-electron chi connectivity index (χ3n) is 3.74. The van der Waals surface area contributed by atoms with E-state index in [9.17, 15) is 14.9 Å². The van der Waals surface area contributed by atoms with Gasteiger partial charge in [-0.3, -0.25) is 14.9 Å². The van der Waals surface area contributed by atoms with Crippen LogP contribution in [0.25, 0.3) is 10.2 Å². The van der Waals surface area contributed by atoms with E-state index in [0.717, 1.165) is 10.2 Å². The summed E-state index contributed by atoms with van der Waals surface area (Å²) < 4.78 is 8.12. The molecule has 0 fully saturated rings. The molecule has 2 aromatic carbocycles. The number of non-ortho nitro benzene ring substituents is 1. The summed E-state index contributed by atoms with van der Waals surface area (Å²) in [6.45, 7) is 2.80. The number of carbonyl (C=O) groups excluding carboxylic acids is 1. The molecule has 0 aliphatic rings. The number of thiazole rings is 1. The third kappa shape index (κ3) is 3.97. The van der Waals surface area contributed by atoms with Crippen molar-refractivity contribution in [1.82, 2.24) is 4.57 Å². The predicted octanol–water partition coefficient (Wildman–Crippen LogP) is 3.53. The van der Waals surface area contributed by atoms with Crippen molar-refractivity contribution >= 4 is 33.1 Å². The maximum atomic E-state index is 12.2. The summed E-state index contributed by atoms with van der Waals surface area (Å²) in [5, 5.41) is 10.9. The summed E-state index contributed by atoms with van der Waals surface area (Å²) in [7, 11) is 0. The largest absolute Gasteiger partial charge is 0.493 e. The van der Waals surface area contributed by atoms with Crippen molar-refractivity contribution < 1.29 is 14.5 Å². The standard InChI is InChI=1S/C18H17N3O4S/c1-2-20-15-9-8-13(21(23)24)12-16(15)26-18(20)19-17(22)10-11-25-14-6-4-3-5-7-14/h3-9,12H,2,10-11H2,1H3. The summed E-state index contributed by atoms with van der Waals surface area (Å²) in [5.41, 5.74) is 0.853. The van der Waals surface area contributed by atoms with Gasteiger partial charge in [-0.1, -0.05) is 29.5 Å². The fourth-order valence-corrected chi connectivity index (χ4v) is 3.65. The molecular weight excluding hydrogens is 354 g/mol. The number of amides is 1. The second-order valence-electron chi connectivity index (χ2n) is 5.46. The second kappa shape index (κ2) is 7.92. The van der Waals surface area contributed by atoms with Gasteiger partial charge in [0.1, 0.15) is 5.75 Å². The molecule has 0 aliphatic heterocycles. The molecule has 0 bridgehead atoms. The van der Waals surface area contributed by atoms with Gasteiger partial charge in [-0.05, 0) is 25.1 Å². The van der Waals surface area contributed by atoms with E-state index < -0.39 is 4.92 Å². The molecule has 0 saturated carbocycles. The molecule has 0 saturated heterocycles. The van der Waals surface area contributed by atoms with Gasteiger partial charge in [0.05, 0.1) is 28.2 Å². The third-order valence-corrected chi connectivity index (χ3v) is 4.78. The molecular formula is C18H17N3O4S. The first-order valence-electron chi connectivity index (χ1n) is 8.11. The maximum absolute atomic E-state index is 12.2. The minimum absolute atomic E-state index is 0.0242. The van der Waals surface area contributed by atoms with E-state index in [0.29, 0.717) is 17.1 Å². The minimum Gasteiger partial charge on any atom is -0.493 e. The summed E-state index contributed by atoms with van der Waals surface area (Å²) in [6, 6.07) is 13.9. The Labute approximate surface area is 153 Å². The van der Waals surface area contributed by atoms with Crippen LogP contribution in [0.5, 0.6) is 5.75 Å². The predicted molar refractivity (Wildman–Crippen MR) is 99.3 cm³/mol. The molecule has 3 rings (SSSR count). The lowest BCUT2D eigenvalue weighted by Gasteiger charge is -2.03. The van der Waals surface area contributed by atoms with E-state index in [-0.39, 0.29) is 24.6 Å². The first-order chi connectivity index (χ1) is 12.6. The molecule has 0 radical (unpaired) electrons. The number of carbonyl (C=O) groups is 1. The number of fused-ring (bicyclic) bond motifs is 1. The van der Waals surface area contributed by atoms with E-state index in [1.54, 1.807) is 6.07 Å². The molecule has 0 atom stereocenters. The van der Waals surface area contributed by atoms with Crippen LogP contribution in [0.15, 0.2) is 53.5 Å². The monoisotopic (exact) mass is 371 g/mol. The van der Waals surface area contributed by atoms with Crippen molar-refractivity contribution in [3.05, 3.63) is 63.4 Å². The van der Waals surface area contributed by atoms with Gasteiger partial charge >= 0.3 is 0 Å². The summed E-state index contributed by atoms with van der Waals surface area (Å²) >= 11 is 1.27. The van der Waals surface area contributed by atoms with Gasteiger partial charge in [-0.25, -0.2) is 0 Å². The average molecular weight is 371 g/mol. The summed E-state index contributed by atoms with van der Waals surface area (Å²) in [4.78, 5) is 27.4. The van der Waals surface area contributed by atoms with Crippen LogP contribution >= 0.6 is 11.3 Å². The van der Waals surface area contributed by atoms with Crippen molar-refractivity contribution in [1.29, 1.82) is 0 Å². The maximum Gasteiger partial charge on any atom is 0.270 e. The zero-order valence-corrected chi connectivity index (χ0v) is 14.9. The van der Waals surface area contributed by atoms with Gasteiger partial charge in [0.15, 0.2) is 4.80 Å². The number of hydrogen-bond acceptors (Lipinski definition) is 5. The van der Waals surface area contributed by atoms with Crippen molar-refractivity contribution in [3.63, 3.8) is 0 Å². The van der Waals surface area contributed by atoms with Crippen LogP contribution in [0.1, 0.15) is 13.3 Å². The van der Waals surface area contributed by atoms with Crippen molar-refractivity contribution in [2.24, 2.45) is 4.99 Å². The molecule has 0 aliphatic carbocycles. The lowest BCUT2D eigenvalue weighted by molar-refractivity contribution is -0.384. The van der Waals surface area contributed by atoms with E-state index in [1.807, 2.05) is 41.8 Å². The van der Waals surface area contributed by atoms with Crippen molar-refractivity contribution in [2.45, 2.75) is 19.9 Å². The Bertz CT molecular complexity index is 1010. The highest BCUT2D eigenvalue weighted by atomic mass is 32.1. The molecule has 0 unspecified atom stereocenters. The molecule has 1 aromatic heterocycles. The lowest BCUT2D eigenvalue weighted by atomic mass is 10.3. The zero-order valence-electron chi connectivity index (χ0n) is 14.1. The van der Waals surface area contributed by atoms with Crippen LogP contribution in [0.3, 0.4) is 0 Å². The number of nitro benzene ring substituents is 1. The van der Waals surface area contributed by atoms with Crippen LogP contribution in [0.4, 0.5) is 5.69 Å². The van der Waals surface area contributed by atoms with Crippen molar-refractivity contribution in [3.8, 4) is 5.75 Å². The van der Waals surface area contributed by atoms with Gasteiger partial charge < -0.3 is 9.30 Å². The molecule has 134 valence electrons. The van der Waals surface area contributed by atoms with Gasteiger partial charge in [-0.15, -0.1) is 0 Å². The quantitative estimate of drug-likeness (QED) is 0.490. The molecule has 8 heteroatoms. The smallest absolute Gasteiger partial charge is 0.270 e. The van der Waals surface area contributed by atoms with Gasteiger partial charge in [0.2, 0.25) is 0 Å². The Balaban J connectivity index is 1.79. The first-order valence-corrected chi connectivity index (χ1v) is 8.93. The van der Waals surface area contributed by atoms with Crippen LogP contribution in [0, 0.1) is 10.1 Å². The van der Waals surface area contributed by atoms with E-state index in [2.05, 4.69) is 4.99 Å². The highest BCUT2D eigenvalue weighted by molar-refractivity contribution is 7.16. The number of hydrogen-bond donors (Lipinski definition) is 0. The first kappa shape index (κ1) is 17.8. The van der Waals surface area contributed by atoms with Gasteiger partial charge in [0, 0.05) is 18.7 Å². The number of benzene rings is 2. The van der Waals surface area contributed by atoms with E-state index in [1.165, 1.54) is 23.5 Å². The fourth-order valence-electron chi connectivity index (χ4n) is 2.50. The Kier molecular flexibility index (Phi) is 5.43. The molecule has 0 N–H and O–H groups in total. The minimum atomic E-state index is -0.432. The van der Waals surface area contributed by atoms with Crippen LogP contribution < -0.4 is 9.54 Å². The van der Waals surface area contributed by atoms with Crippen LogP contribution in [-0.4, -0.2) is 22.0 Å². The number of ether oxygens (including phenoxy) is 1. The van der Waals surface area contributed by atoms with Gasteiger partial charge in [0.25, 0.3) is 11.6 Å². The van der Waals surface area contributed by atoms with Gasteiger partial charge in [-0.2, -0.15) is 4.99 Å². The van der Waals surface area contributed by atoms with Crippen LogP contribution in [-0.2, 0) is 11.3 Å². The molecule has 1 amide bonds. The highest BCUT2D eigenvalue weighted by Crippen LogP contribution is 2.23. The SMILES string of the molecule is CCn1c(=NC(=O)CCOc2ccccc2)sc2cc([N+](=O)[O-])ccc21. The molecule has 0 spiro atoms. The Hall–Kier alpha value is -3.00. The summed E-state index contributed by atoms with van der Waals surface area (Å²) in [5.74, 6) is 0.419. The second-order valence-corrected chi connectivity index (χ2v) is 6.46. The Morgan fingerprint density at radius 2 is 2.04 bits per heavy atom. The number of aryl methyl sites for hydroxylation is 1. The Morgan fingerprint density at radius 3 is 2.73 bits per heavy atom. The molecule has 1 heterocycles. The van der Waals surface area contributed by atoms with E-state index in [4.69, 9.17) is 4.74 Å². The summed E-state index contributed by atoms with van der Waals surface area (Å²) in [6.07, 6.45) is 0.160. The normalized spacial score (nSPS) is 11.7. The van der Waals surface area contributed by atoms with Crippen LogP contribution in [0.2, 0.25) is 0 Å². The zero-order chi connectivity index (χ0) is 18.5. The Morgan fingerprint density at radius 1 is 1.27 bits per heavy atom. The topological polar surface area (TPSA) is 86.7 Å². The van der Waals surface area contributed by atoms with E-state index >= 15 is 0 Å². The molecule has 26 heavy (non-hydrogen) atoms. The number of nitro groups is 1. The highest BCUT2D eigenvalue weighted by Gasteiger charge is 2.12. The molecule has 3 aromatic rings. The van der Waals surface area contributed by atoms with Crippen molar-refractivity contribution in [2.75, 3.05) is 6.61 Å².